The Morgan fingerprint density at radius 1 is 0.688 bits per heavy atom. The van der Waals surface area contributed by atoms with Crippen LogP contribution in [0.1, 0.15) is 0 Å². The highest BCUT2D eigenvalue weighted by atomic mass is 35.7. The lowest BCUT2D eigenvalue weighted by Gasteiger charge is -2.03. The van der Waals surface area contributed by atoms with Gasteiger partial charge in [0, 0.05) is 4.90 Å². The maximum absolute atomic E-state index is 5.76. The van der Waals surface area contributed by atoms with Gasteiger partial charge >= 0.3 is 0 Å². The summed E-state index contributed by atoms with van der Waals surface area (Å²) in [6, 6.07) is 19.1. The SMILES string of the molecule is ClSc1ccc2cc3ccccc3cc2c1. The van der Waals surface area contributed by atoms with Gasteiger partial charge < -0.3 is 0 Å². The van der Waals surface area contributed by atoms with E-state index < -0.39 is 0 Å². The van der Waals surface area contributed by atoms with Crippen molar-refractivity contribution in [2.45, 2.75) is 4.90 Å². The average molecular weight is 245 g/mol. The Balaban J connectivity index is 2.37. The predicted molar refractivity (Wildman–Crippen MR) is 73.2 cm³/mol. The zero-order valence-corrected chi connectivity index (χ0v) is 10.1. The fourth-order valence-electron chi connectivity index (χ4n) is 1.97. The summed E-state index contributed by atoms with van der Waals surface area (Å²) in [5.74, 6) is 0. The van der Waals surface area contributed by atoms with Gasteiger partial charge in [-0.2, -0.15) is 0 Å². The molecule has 3 aromatic rings. The van der Waals surface area contributed by atoms with E-state index >= 15 is 0 Å². The molecule has 0 aliphatic rings. The molecule has 2 heteroatoms. The molecule has 3 rings (SSSR count). The molecule has 0 aliphatic carbocycles. The molecule has 0 saturated carbocycles. The smallest absolute Gasteiger partial charge is 0.0239 e. The van der Waals surface area contributed by atoms with Gasteiger partial charge in [-0.1, -0.05) is 30.3 Å². The van der Waals surface area contributed by atoms with Crippen molar-refractivity contribution in [1.82, 2.24) is 0 Å². The van der Waals surface area contributed by atoms with Gasteiger partial charge in [0.25, 0.3) is 0 Å². The van der Waals surface area contributed by atoms with Crippen LogP contribution in [-0.4, -0.2) is 0 Å². The van der Waals surface area contributed by atoms with Crippen molar-refractivity contribution in [3.63, 3.8) is 0 Å². The molecule has 0 amide bonds. The third-order valence-corrected chi connectivity index (χ3v) is 3.73. The molecule has 0 atom stereocenters. The van der Waals surface area contributed by atoms with Gasteiger partial charge in [-0.25, -0.2) is 0 Å². The Bertz CT molecular complexity index is 661. The van der Waals surface area contributed by atoms with Gasteiger partial charge in [0.15, 0.2) is 0 Å². The van der Waals surface area contributed by atoms with E-state index in [0.717, 1.165) is 4.90 Å². The molecule has 78 valence electrons. The molecule has 0 saturated heterocycles. The van der Waals surface area contributed by atoms with Crippen LogP contribution in [0.15, 0.2) is 59.5 Å². The maximum atomic E-state index is 5.76. The summed E-state index contributed by atoms with van der Waals surface area (Å²) in [6.45, 7) is 0. The Hall–Kier alpha value is -1.18. The van der Waals surface area contributed by atoms with Crippen LogP contribution in [0.2, 0.25) is 0 Å². The average Bonchev–Trinajstić information content (AvgIpc) is 2.35. The Labute approximate surface area is 103 Å². The highest BCUT2D eigenvalue weighted by molar-refractivity contribution is 8.21. The number of hydrogen-bond acceptors (Lipinski definition) is 1. The second-order valence-corrected chi connectivity index (χ2v) is 4.87. The molecule has 0 aromatic heterocycles. The van der Waals surface area contributed by atoms with E-state index in [0.29, 0.717) is 0 Å². The zero-order valence-electron chi connectivity index (χ0n) is 8.48. The minimum absolute atomic E-state index is 1.09. The van der Waals surface area contributed by atoms with Gasteiger partial charge in [-0.3, -0.25) is 0 Å². The molecule has 0 spiro atoms. The monoisotopic (exact) mass is 244 g/mol. The number of rotatable bonds is 1. The first-order chi connectivity index (χ1) is 7.86. The van der Waals surface area contributed by atoms with Crippen LogP contribution in [0.3, 0.4) is 0 Å². The van der Waals surface area contributed by atoms with Crippen molar-refractivity contribution in [3.05, 3.63) is 54.6 Å². The molecule has 3 aromatic carbocycles. The van der Waals surface area contributed by atoms with Crippen molar-refractivity contribution >= 4 is 43.2 Å². The number of fused-ring (bicyclic) bond motifs is 2. The van der Waals surface area contributed by atoms with E-state index in [1.54, 1.807) is 0 Å². The standard InChI is InChI=1S/C14H9ClS/c15-16-14-6-5-12-7-10-3-1-2-4-11(10)8-13(12)9-14/h1-9H. The van der Waals surface area contributed by atoms with Gasteiger partial charge in [-0.05, 0) is 67.5 Å². The predicted octanol–water partition coefficient (Wildman–Crippen LogP) is 5.24. The first-order valence-corrected chi connectivity index (χ1v) is 6.72. The van der Waals surface area contributed by atoms with Crippen LogP contribution < -0.4 is 0 Å². The van der Waals surface area contributed by atoms with Gasteiger partial charge in [-0.15, -0.1) is 0 Å². The number of halogens is 1. The first-order valence-electron chi connectivity index (χ1n) is 5.08. The third kappa shape index (κ3) is 1.66. The highest BCUT2D eigenvalue weighted by Gasteiger charge is 1.99. The molecule has 16 heavy (non-hydrogen) atoms. The zero-order chi connectivity index (χ0) is 11.0. The van der Waals surface area contributed by atoms with Crippen LogP contribution in [0, 0.1) is 0 Å². The van der Waals surface area contributed by atoms with E-state index in [1.165, 1.54) is 32.5 Å². The van der Waals surface area contributed by atoms with Crippen LogP contribution in [0.5, 0.6) is 0 Å². The minimum Gasteiger partial charge on any atom is -0.0616 e. The minimum atomic E-state index is 1.09. The van der Waals surface area contributed by atoms with E-state index in [2.05, 4.69) is 54.6 Å². The van der Waals surface area contributed by atoms with Crippen molar-refractivity contribution in [2.75, 3.05) is 0 Å². The number of hydrogen-bond donors (Lipinski definition) is 0. The largest absolute Gasteiger partial charge is 0.0616 e. The summed E-state index contributed by atoms with van der Waals surface area (Å²) in [4.78, 5) is 1.09. The van der Waals surface area contributed by atoms with Gasteiger partial charge in [0.1, 0.15) is 0 Å². The topological polar surface area (TPSA) is 0 Å². The van der Waals surface area contributed by atoms with Crippen LogP contribution in [0.4, 0.5) is 0 Å². The first kappa shape index (κ1) is 10.0. The molecule has 0 aliphatic heterocycles. The van der Waals surface area contributed by atoms with Gasteiger partial charge in [0.2, 0.25) is 0 Å². The van der Waals surface area contributed by atoms with Gasteiger partial charge in [0.05, 0.1) is 0 Å². The Kier molecular flexibility index (Phi) is 2.50. The highest BCUT2D eigenvalue weighted by Crippen LogP contribution is 2.28. The molecule has 0 N–H and O–H groups in total. The molecule has 0 bridgehead atoms. The lowest BCUT2D eigenvalue weighted by Crippen LogP contribution is -1.76. The van der Waals surface area contributed by atoms with E-state index in [9.17, 15) is 0 Å². The normalized spacial score (nSPS) is 11.1. The van der Waals surface area contributed by atoms with E-state index in [1.807, 2.05) is 0 Å². The van der Waals surface area contributed by atoms with Crippen LogP contribution >= 0.6 is 21.7 Å². The summed E-state index contributed by atoms with van der Waals surface area (Å²) in [6.07, 6.45) is 0. The molecule has 0 unspecified atom stereocenters. The lowest BCUT2D eigenvalue weighted by atomic mass is 10.0. The summed E-state index contributed by atoms with van der Waals surface area (Å²) in [5.41, 5.74) is 0. The molecular weight excluding hydrogens is 236 g/mol. The lowest BCUT2D eigenvalue weighted by molar-refractivity contribution is 1.53. The summed E-state index contributed by atoms with van der Waals surface area (Å²) >= 11 is 0. The second kappa shape index (κ2) is 4.00. The molecule has 0 fully saturated rings. The summed E-state index contributed by atoms with van der Waals surface area (Å²) in [5, 5.41) is 5.05. The fraction of sp³-hybridized carbons (Fsp3) is 0. The maximum Gasteiger partial charge on any atom is 0.0239 e. The Morgan fingerprint density at radius 3 is 2.00 bits per heavy atom. The quantitative estimate of drug-likeness (QED) is 0.528. The molecule has 0 heterocycles. The van der Waals surface area contributed by atoms with Crippen molar-refractivity contribution in [1.29, 1.82) is 0 Å². The Morgan fingerprint density at radius 2 is 1.31 bits per heavy atom. The van der Waals surface area contributed by atoms with Crippen molar-refractivity contribution in [3.8, 4) is 0 Å². The van der Waals surface area contributed by atoms with E-state index in [4.69, 9.17) is 10.7 Å². The summed E-state index contributed by atoms with van der Waals surface area (Å²) in [7, 11) is 7.02. The van der Waals surface area contributed by atoms with Crippen LogP contribution in [0.25, 0.3) is 21.5 Å². The summed E-state index contributed by atoms with van der Waals surface area (Å²) < 4.78 is 0. The number of benzene rings is 3. The van der Waals surface area contributed by atoms with Crippen molar-refractivity contribution in [2.24, 2.45) is 0 Å². The molecular formula is C14H9ClS. The third-order valence-electron chi connectivity index (χ3n) is 2.77. The molecule has 0 radical (unpaired) electrons. The van der Waals surface area contributed by atoms with Crippen molar-refractivity contribution < 1.29 is 0 Å². The fourth-order valence-corrected chi connectivity index (χ4v) is 2.55. The second-order valence-electron chi connectivity index (χ2n) is 3.79. The van der Waals surface area contributed by atoms with Crippen LogP contribution in [-0.2, 0) is 0 Å². The van der Waals surface area contributed by atoms with E-state index in [-0.39, 0.29) is 0 Å². The molecule has 0 nitrogen and oxygen atoms in total.